The molecular weight excluding hydrogens is 234 g/mol. The average molecular weight is 242 g/mol. The van der Waals surface area contributed by atoms with E-state index in [9.17, 15) is 4.79 Å². The summed E-state index contributed by atoms with van der Waals surface area (Å²) in [5, 5.41) is 8.81. The van der Waals surface area contributed by atoms with Crippen LogP contribution >= 0.6 is 15.9 Å². The molecule has 0 radical (unpaired) electrons. The first kappa shape index (κ1) is 9.92. The van der Waals surface area contributed by atoms with Gasteiger partial charge in [0.2, 0.25) is 0 Å². The second-order valence-electron chi connectivity index (χ2n) is 2.62. The van der Waals surface area contributed by atoms with E-state index in [0.717, 1.165) is 0 Å². The van der Waals surface area contributed by atoms with E-state index in [1.165, 1.54) is 0 Å². The fraction of sp³-hybridized carbons (Fsp3) is 0.111. The van der Waals surface area contributed by atoms with Gasteiger partial charge in [-0.05, 0) is 40.6 Å². The summed E-state index contributed by atoms with van der Waals surface area (Å²) in [4.78, 5) is 14.6. The zero-order valence-corrected chi connectivity index (χ0v) is 8.63. The molecule has 0 saturated carbocycles. The maximum absolute atomic E-state index is 10.8. The minimum atomic E-state index is -1.04. The van der Waals surface area contributed by atoms with Crippen molar-refractivity contribution in [2.75, 3.05) is 0 Å². The zero-order valence-electron chi connectivity index (χ0n) is 7.04. The Morgan fingerprint density at radius 3 is 2.69 bits per heavy atom. The molecule has 0 amide bonds. The van der Waals surface area contributed by atoms with Gasteiger partial charge in [0.05, 0.1) is 0 Å². The molecule has 0 spiro atoms. The Bertz CT molecular complexity index is 374. The van der Waals surface area contributed by atoms with Crippen LogP contribution in [0.5, 0.6) is 0 Å². The lowest BCUT2D eigenvalue weighted by atomic mass is 10.1. The van der Waals surface area contributed by atoms with Crippen LogP contribution in [0.4, 0.5) is 0 Å². The molecule has 0 saturated heterocycles. The summed E-state index contributed by atoms with van der Waals surface area (Å²) in [6.07, 6.45) is 0. The summed E-state index contributed by atoms with van der Waals surface area (Å²) in [5.74, 6) is -1.04. The van der Waals surface area contributed by atoms with Gasteiger partial charge in [-0.1, -0.05) is 6.58 Å². The summed E-state index contributed by atoms with van der Waals surface area (Å²) in [7, 11) is 0. The standard InChI is InChI=1S/C9H8BrNO2/c1-5(2)6-3-4-7(10)11-8(6)9(12)13/h3-4H,1H2,2H3,(H,12,13). The van der Waals surface area contributed by atoms with Crippen molar-refractivity contribution in [1.29, 1.82) is 0 Å². The van der Waals surface area contributed by atoms with Crippen LogP contribution in [0.2, 0.25) is 0 Å². The number of hydrogen-bond acceptors (Lipinski definition) is 2. The van der Waals surface area contributed by atoms with Crippen LogP contribution in [0.3, 0.4) is 0 Å². The van der Waals surface area contributed by atoms with Gasteiger partial charge in [0, 0.05) is 5.56 Å². The third-order valence-electron chi connectivity index (χ3n) is 1.52. The molecule has 0 aliphatic carbocycles. The van der Waals surface area contributed by atoms with Gasteiger partial charge in [0.1, 0.15) is 4.60 Å². The number of nitrogens with zero attached hydrogens (tertiary/aromatic N) is 1. The maximum Gasteiger partial charge on any atom is 0.355 e. The third kappa shape index (κ3) is 2.15. The normalized spacial score (nSPS) is 9.69. The van der Waals surface area contributed by atoms with Crippen molar-refractivity contribution >= 4 is 27.5 Å². The zero-order chi connectivity index (χ0) is 10.0. The quantitative estimate of drug-likeness (QED) is 0.811. The predicted molar refractivity (Wildman–Crippen MR) is 53.6 cm³/mol. The Morgan fingerprint density at radius 2 is 2.23 bits per heavy atom. The third-order valence-corrected chi connectivity index (χ3v) is 1.97. The fourth-order valence-corrected chi connectivity index (χ4v) is 1.25. The molecule has 0 bridgehead atoms. The number of pyridine rings is 1. The number of allylic oxidation sites excluding steroid dienone is 1. The van der Waals surface area contributed by atoms with Gasteiger partial charge < -0.3 is 5.11 Å². The number of carbonyl (C=O) groups is 1. The number of carboxylic acids is 1. The van der Waals surface area contributed by atoms with Crippen molar-refractivity contribution in [2.45, 2.75) is 6.92 Å². The minimum absolute atomic E-state index is 0.0295. The van der Waals surface area contributed by atoms with Gasteiger partial charge in [-0.25, -0.2) is 9.78 Å². The summed E-state index contributed by atoms with van der Waals surface area (Å²) >= 11 is 3.11. The van der Waals surface area contributed by atoms with Crippen molar-refractivity contribution in [1.82, 2.24) is 4.98 Å². The molecule has 4 heteroatoms. The van der Waals surface area contributed by atoms with Crippen LogP contribution in [0.15, 0.2) is 23.3 Å². The van der Waals surface area contributed by atoms with Crippen molar-refractivity contribution in [3.63, 3.8) is 0 Å². The van der Waals surface area contributed by atoms with E-state index < -0.39 is 5.97 Å². The van der Waals surface area contributed by atoms with E-state index in [4.69, 9.17) is 5.11 Å². The Labute approximate surface area is 84.2 Å². The molecule has 13 heavy (non-hydrogen) atoms. The number of aromatic carboxylic acids is 1. The lowest BCUT2D eigenvalue weighted by Gasteiger charge is -2.03. The monoisotopic (exact) mass is 241 g/mol. The molecule has 0 fully saturated rings. The average Bonchev–Trinajstić information content (AvgIpc) is 2.03. The smallest absolute Gasteiger partial charge is 0.355 e. The Morgan fingerprint density at radius 1 is 1.62 bits per heavy atom. The highest BCUT2D eigenvalue weighted by Gasteiger charge is 2.12. The van der Waals surface area contributed by atoms with Gasteiger partial charge >= 0.3 is 5.97 Å². The van der Waals surface area contributed by atoms with Crippen LogP contribution in [0.25, 0.3) is 5.57 Å². The minimum Gasteiger partial charge on any atom is -0.476 e. The molecule has 1 rings (SSSR count). The molecule has 0 atom stereocenters. The Kier molecular flexibility index (Phi) is 2.83. The summed E-state index contributed by atoms with van der Waals surface area (Å²) in [6.45, 7) is 5.43. The van der Waals surface area contributed by atoms with Gasteiger partial charge in [0.15, 0.2) is 5.69 Å². The van der Waals surface area contributed by atoms with Gasteiger partial charge in [-0.2, -0.15) is 0 Å². The Balaban J connectivity index is 3.35. The first-order valence-corrected chi connectivity index (χ1v) is 4.37. The number of carboxylic acid groups (broad SMARTS) is 1. The summed E-state index contributed by atoms with van der Waals surface area (Å²) in [5.41, 5.74) is 1.29. The van der Waals surface area contributed by atoms with E-state index in [2.05, 4.69) is 27.5 Å². The van der Waals surface area contributed by atoms with E-state index in [0.29, 0.717) is 15.7 Å². The van der Waals surface area contributed by atoms with Crippen molar-refractivity contribution < 1.29 is 9.90 Å². The molecule has 0 aliphatic heterocycles. The van der Waals surface area contributed by atoms with E-state index in [-0.39, 0.29) is 5.69 Å². The van der Waals surface area contributed by atoms with E-state index in [1.807, 2.05) is 0 Å². The number of rotatable bonds is 2. The topological polar surface area (TPSA) is 50.2 Å². The van der Waals surface area contributed by atoms with Crippen LogP contribution in [0.1, 0.15) is 23.0 Å². The predicted octanol–water partition coefficient (Wildman–Crippen LogP) is 2.58. The molecule has 0 aromatic carbocycles. The van der Waals surface area contributed by atoms with Crippen molar-refractivity contribution in [3.8, 4) is 0 Å². The highest BCUT2D eigenvalue weighted by atomic mass is 79.9. The molecule has 1 heterocycles. The molecular formula is C9H8BrNO2. The highest BCUT2D eigenvalue weighted by Crippen LogP contribution is 2.18. The van der Waals surface area contributed by atoms with E-state index in [1.54, 1.807) is 19.1 Å². The molecule has 0 aliphatic rings. The molecule has 68 valence electrons. The Hall–Kier alpha value is -1.16. The number of halogens is 1. The van der Waals surface area contributed by atoms with Crippen LogP contribution in [-0.4, -0.2) is 16.1 Å². The largest absolute Gasteiger partial charge is 0.476 e. The first-order valence-electron chi connectivity index (χ1n) is 3.58. The maximum atomic E-state index is 10.8. The second-order valence-corrected chi connectivity index (χ2v) is 3.43. The van der Waals surface area contributed by atoms with Crippen molar-refractivity contribution in [2.24, 2.45) is 0 Å². The highest BCUT2D eigenvalue weighted by molar-refractivity contribution is 9.10. The van der Waals surface area contributed by atoms with Crippen molar-refractivity contribution in [3.05, 3.63) is 34.6 Å². The fourth-order valence-electron chi connectivity index (χ4n) is 0.943. The SMILES string of the molecule is C=C(C)c1ccc(Br)nc1C(=O)O. The van der Waals surface area contributed by atoms with Gasteiger partial charge in [-0.3, -0.25) is 0 Å². The molecule has 3 nitrogen and oxygen atoms in total. The van der Waals surface area contributed by atoms with Crippen LogP contribution < -0.4 is 0 Å². The van der Waals surface area contributed by atoms with Gasteiger partial charge in [0.25, 0.3) is 0 Å². The van der Waals surface area contributed by atoms with E-state index >= 15 is 0 Å². The summed E-state index contributed by atoms with van der Waals surface area (Å²) < 4.78 is 0.509. The number of aromatic nitrogens is 1. The first-order chi connectivity index (χ1) is 6.02. The van der Waals surface area contributed by atoms with Gasteiger partial charge in [-0.15, -0.1) is 0 Å². The number of hydrogen-bond donors (Lipinski definition) is 1. The van der Waals surface area contributed by atoms with Crippen LogP contribution in [0, 0.1) is 0 Å². The molecule has 0 unspecified atom stereocenters. The van der Waals surface area contributed by atoms with Crippen LogP contribution in [-0.2, 0) is 0 Å². The lowest BCUT2D eigenvalue weighted by Crippen LogP contribution is -2.04. The molecule has 1 aromatic heterocycles. The molecule has 1 aromatic rings. The second kappa shape index (κ2) is 3.70. The summed E-state index contributed by atoms with van der Waals surface area (Å²) in [6, 6.07) is 3.37. The lowest BCUT2D eigenvalue weighted by molar-refractivity contribution is 0.0690. The molecule has 1 N–H and O–H groups in total.